The molecule has 0 aromatic carbocycles. The van der Waals surface area contributed by atoms with E-state index in [0.29, 0.717) is 49.3 Å². The Bertz CT molecular complexity index is 1080. The fourth-order valence-corrected chi connectivity index (χ4v) is 3.54. The monoisotopic (exact) mass is 419 g/mol. The molecule has 0 spiro atoms. The molecule has 0 atom stereocenters. The summed E-state index contributed by atoms with van der Waals surface area (Å²) in [5.74, 6) is 3.21. The number of hydrogen-bond donors (Lipinski definition) is 1. The van der Waals surface area contributed by atoms with Gasteiger partial charge in [-0.25, -0.2) is 19.9 Å². The van der Waals surface area contributed by atoms with Gasteiger partial charge >= 0.3 is 0 Å². The van der Waals surface area contributed by atoms with Gasteiger partial charge in [0.05, 0.1) is 7.11 Å². The zero-order chi connectivity index (χ0) is 21.8. The fourth-order valence-electron chi connectivity index (χ4n) is 3.54. The highest BCUT2D eigenvalue weighted by atomic mass is 16.5. The molecule has 1 aliphatic heterocycles. The van der Waals surface area contributed by atoms with Gasteiger partial charge in [-0.2, -0.15) is 0 Å². The van der Waals surface area contributed by atoms with Gasteiger partial charge in [-0.05, 0) is 43.7 Å². The molecule has 1 amide bonds. The number of methoxy groups -OCH3 is 1. The van der Waals surface area contributed by atoms with E-state index in [0.717, 1.165) is 17.2 Å². The Hall–Kier alpha value is -3.75. The maximum atomic E-state index is 12.9. The molecule has 1 saturated heterocycles. The highest BCUT2D eigenvalue weighted by molar-refractivity contribution is 5.96. The minimum Gasteiger partial charge on any atom is -0.480 e. The van der Waals surface area contributed by atoms with Crippen LogP contribution in [0.2, 0.25) is 0 Å². The summed E-state index contributed by atoms with van der Waals surface area (Å²) in [6.45, 7) is 6.41. The lowest BCUT2D eigenvalue weighted by Gasteiger charge is -2.35. The molecule has 4 heterocycles. The van der Waals surface area contributed by atoms with Crippen molar-refractivity contribution in [3.8, 4) is 5.88 Å². The van der Waals surface area contributed by atoms with Crippen LogP contribution in [0.3, 0.4) is 0 Å². The van der Waals surface area contributed by atoms with Crippen LogP contribution in [-0.2, 0) is 0 Å². The van der Waals surface area contributed by atoms with Gasteiger partial charge in [-0.3, -0.25) is 4.79 Å². The van der Waals surface area contributed by atoms with Crippen molar-refractivity contribution < 1.29 is 9.53 Å². The fraction of sp³-hybridized carbons (Fsp3) is 0.318. The molecule has 160 valence electrons. The van der Waals surface area contributed by atoms with Crippen LogP contribution in [0.4, 0.5) is 17.5 Å². The quantitative estimate of drug-likeness (QED) is 0.674. The molecule has 9 heteroatoms. The van der Waals surface area contributed by atoms with Crippen molar-refractivity contribution in [3.05, 3.63) is 59.7 Å². The van der Waals surface area contributed by atoms with Crippen molar-refractivity contribution in [1.82, 2.24) is 24.8 Å². The predicted molar refractivity (Wildman–Crippen MR) is 118 cm³/mol. The number of aromatic nitrogens is 4. The predicted octanol–water partition coefficient (Wildman–Crippen LogP) is 2.60. The van der Waals surface area contributed by atoms with Crippen LogP contribution in [0.1, 0.15) is 21.7 Å². The van der Waals surface area contributed by atoms with Crippen LogP contribution in [0.15, 0.2) is 42.7 Å². The largest absolute Gasteiger partial charge is 0.480 e. The van der Waals surface area contributed by atoms with E-state index in [9.17, 15) is 4.79 Å². The number of hydrogen-bond acceptors (Lipinski definition) is 8. The maximum Gasteiger partial charge on any atom is 0.259 e. The molecule has 3 aromatic rings. The maximum absolute atomic E-state index is 12.9. The van der Waals surface area contributed by atoms with E-state index in [-0.39, 0.29) is 5.91 Å². The van der Waals surface area contributed by atoms with E-state index in [1.807, 2.05) is 36.9 Å². The van der Waals surface area contributed by atoms with Crippen LogP contribution >= 0.6 is 0 Å². The van der Waals surface area contributed by atoms with E-state index in [1.54, 1.807) is 24.5 Å². The van der Waals surface area contributed by atoms with Gasteiger partial charge in [-0.1, -0.05) is 0 Å². The molecule has 0 radical (unpaired) electrons. The van der Waals surface area contributed by atoms with E-state index >= 15 is 0 Å². The summed E-state index contributed by atoms with van der Waals surface area (Å²) in [5.41, 5.74) is 1.60. The Labute approximate surface area is 181 Å². The number of anilines is 3. The topological polar surface area (TPSA) is 96.4 Å². The third kappa shape index (κ3) is 4.71. The van der Waals surface area contributed by atoms with Crippen LogP contribution in [0, 0.1) is 13.8 Å². The molecular weight excluding hydrogens is 394 g/mol. The third-order valence-electron chi connectivity index (χ3n) is 5.08. The number of amides is 1. The van der Waals surface area contributed by atoms with Crippen molar-refractivity contribution in [2.24, 2.45) is 0 Å². The molecule has 1 fully saturated rings. The zero-order valence-corrected chi connectivity index (χ0v) is 17.9. The Kier molecular flexibility index (Phi) is 5.92. The summed E-state index contributed by atoms with van der Waals surface area (Å²) in [5, 5.41) is 3.25. The minimum atomic E-state index is -0.0728. The molecule has 31 heavy (non-hydrogen) atoms. The third-order valence-corrected chi connectivity index (χ3v) is 5.08. The lowest BCUT2D eigenvalue weighted by molar-refractivity contribution is 0.0742. The van der Waals surface area contributed by atoms with E-state index in [4.69, 9.17) is 4.74 Å². The molecule has 0 saturated carbocycles. The van der Waals surface area contributed by atoms with Crippen LogP contribution in [0.5, 0.6) is 5.88 Å². The first kappa shape index (κ1) is 20.5. The number of nitrogens with one attached hydrogen (secondary N) is 1. The molecule has 4 rings (SSSR count). The number of nitrogens with zero attached hydrogens (tertiary/aromatic N) is 6. The van der Waals surface area contributed by atoms with E-state index < -0.39 is 0 Å². The van der Waals surface area contributed by atoms with Crippen LogP contribution in [0.25, 0.3) is 0 Å². The van der Waals surface area contributed by atoms with Gasteiger partial charge < -0.3 is 19.9 Å². The Balaban J connectivity index is 1.45. The van der Waals surface area contributed by atoms with Crippen molar-refractivity contribution in [2.75, 3.05) is 43.5 Å². The Morgan fingerprint density at radius 1 is 1.00 bits per heavy atom. The standard InChI is InChI=1S/C22H25N7O2/c1-15-6-8-23-18(13-15)27-19-14-20(26-16(2)25-19)28-9-11-29(12-10-28)22(30)17-5-4-7-24-21(17)31-3/h4-8,13-14H,9-12H2,1-3H3,(H,23,25,26,27). The van der Waals surface area contributed by atoms with Crippen molar-refractivity contribution in [3.63, 3.8) is 0 Å². The lowest BCUT2D eigenvalue weighted by Crippen LogP contribution is -2.49. The molecule has 0 unspecified atom stereocenters. The normalized spacial score (nSPS) is 13.8. The summed E-state index contributed by atoms with van der Waals surface area (Å²) in [6, 6.07) is 9.31. The number of pyridine rings is 2. The molecule has 9 nitrogen and oxygen atoms in total. The van der Waals surface area contributed by atoms with Crippen molar-refractivity contribution >= 4 is 23.4 Å². The second-order valence-electron chi connectivity index (χ2n) is 7.34. The molecule has 0 bridgehead atoms. The summed E-state index contributed by atoms with van der Waals surface area (Å²) >= 11 is 0. The smallest absolute Gasteiger partial charge is 0.259 e. The number of ether oxygens (including phenoxy) is 1. The van der Waals surface area contributed by atoms with Gasteiger partial charge in [0.15, 0.2) is 0 Å². The summed E-state index contributed by atoms with van der Waals surface area (Å²) < 4.78 is 5.23. The number of piperazine rings is 1. The van der Waals surface area contributed by atoms with E-state index in [1.165, 1.54) is 7.11 Å². The first-order chi connectivity index (χ1) is 15.0. The first-order valence-corrected chi connectivity index (χ1v) is 10.1. The molecule has 1 N–H and O–H groups in total. The summed E-state index contributed by atoms with van der Waals surface area (Å²) in [4.78, 5) is 34.4. The number of aryl methyl sites for hydroxylation is 2. The SMILES string of the molecule is COc1ncccc1C(=O)N1CCN(c2cc(Nc3cc(C)ccn3)nc(C)n2)CC1. The Morgan fingerprint density at radius 2 is 1.81 bits per heavy atom. The van der Waals surface area contributed by atoms with E-state index in [2.05, 4.69) is 30.2 Å². The molecule has 3 aromatic heterocycles. The first-order valence-electron chi connectivity index (χ1n) is 10.1. The van der Waals surface area contributed by atoms with Gasteiger partial charge in [0.25, 0.3) is 5.91 Å². The van der Waals surface area contributed by atoms with Crippen LogP contribution < -0.4 is 15.0 Å². The van der Waals surface area contributed by atoms with Gasteiger partial charge in [-0.15, -0.1) is 0 Å². The minimum absolute atomic E-state index is 0.0728. The second-order valence-corrected chi connectivity index (χ2v) is 7.34. The lowest BCUT2D eigenvalue weighted by atomic mass is 10.2. The molecule has 1 aliphatic rings. The van der Waals surface area contributed by atoms with Crippen molar-refractivity contribution in [1.29, 1.82) is 0 Å². The van der Waals surface area contributed by atoms with Gasteiger partial charge in [0, 0.05) is 44.6 Å². The van der Waals surface area contributed by atoms with Crippen LogP contribution in [-0.4, -0.2) is 64.0 Å². The van der Waals surface area contributed by atoms with Crippen molar-refractivity contribution in [2.45, 2.75) is 13.8 Å². The highest BCUT2D eigenvalue weighted by Crippen LogP contribution is 2.22. The second kappa shape index (κ2) is 8.95. The zero-order valence-electron chi connectivity index (χ0n) is 17.9. The van der Waals surface area contributed by atoms with Gasteiger partial charge in [0.2, 0.25) is 5.88 Å². The molecular formula is C22H25N7O2. The Morgan fingerprint density at radius 3 is 2.55 bits per heavy atom. The summed E-state index contributed by atoms with van der Waals surface area (Å²) in [6.07, 6.45) is 3.38. The molecule has 0 aliphatic carbocycles. The highest BCUT2D eigenvalue weighted by Gasteiger charge is 2.25. The average Bonchev–Trinajstić information content (AvgIpc) is 2.78. The average molecular weight is 419 g/mol. The number of carbonyl (C=O) groups excluding carboxylic acids is 1. The van der Waals surface area contributed by atoms with Gasteiger partial charge in [0.1, 0.15) is 28.8 Å². The number of rotatable bonds is 5. The summed E-state index contributed by atoms with van der Waals surface area (Å²) in [7, 11) is 1.52. The number of carbonyl (C=O) groups is 1.